The van der Waals surface area contributed by atoms with Crippen LogP contribution in [0.15, 0.2) is 24.7 Å². The fourth-order valence-electron chi connectivity index (χ4n) is 3.22. The summed E-state index contributed by atoms with van der Waals surface area (Å²) in [5, 5.41) is 2.83. The van der Waals surface area contributed by atoms with Gasteiger partial charge in [-0.1, -0.05) is 0 Å². The van der Waals surface area contributed by atoms with Crippen LogP contribution in [0.1, 0.15) is 25.7 Å². The van der Waals surface area contributed by atoms with Gasteiger partial charge in [-0.05, 0) is 12.8 Å². The topological polar surface area (TPSA) is 139 Å². The number of aromatic amines is 1. The van der Waals surface area contributed by atoms with Gasteiger partial charge in [-0.25, -0.2) is 15.0 Å². The molecule has 0 aliphatic carbocycles. The standard InChI is InChI=1S/C17H18N6O5/c24-12-3-4-13(25)28-11(7-27-12)17(26)22-10-2-1-5-23(6-10)16-14-15(19-8-18-14)20-9-21-16/h7-10H,1-6H2,(H,22,26)(H,18,19,20,21)/b11-7-/t10-/m1/s1. The Morgan fingerprint density at radius 3 is 2.96 bits per heavy atom. The highest BCUT2D eigenvalue weighted by molar-refractivity contribution is 5.95. The number of ether oxygens (including phenoxy) is 2. The average molecular weight is 386 g/mol. The second kappa shape index (κ2) is 7.62. The second-order valence-electron chi connectivity index (χ2n) is 6.50. The highest BCUT2D eigenvalue weighted by atomic mass is 16.6. The van der Waals surface area contributed by atoms with E-state index in [-0.39, 0.29) is 24.6 Å². The molecule has 1 fully saturated rings. The second-order valence-corrected chi connectivity index (χ2v) is 6.50. The van der Waals surface area contributed by atoms with E-state index in [1.54, 1.807) is 6.33 Å². The van der Waals surface area contributed by atoms with E-state index in [1.807, 2.05) is 4.90 Å². The van der Waals surface area contributed by atoms with E-state index in [9.17, 15) is 14.4 Å². The number of hydrogen-bond acceptors (Lipinski definition) is 9. The maximum Gasteiger partial charge on any atom is 0.312 e. The van der Waals surface area contributed by atoms with Gasteiger partial charge < -0.3 is 24.7 Å². The van der Waals surface area contributed by atoms with Crippen molar-refractivity contribution in [3.05, 3.63) is 24.7 Å². The number of aromatic nitrogens is 4. The number of anilines is 1. The zero-order valence-corrected chi connectivity index (χ0v) is 14.9. The van der Waals surface area contributed by atoms with Gasteiger partial charge in [-0.15, -0.1) is 0 Å². The summed E-state index contributed by atoms with van der Waals surface area (Å²) in [6.07, 6.45) is 5.26. The van der Waals surface area contributed by atoms with E-state index in [0.29, 0.717) is 18.0 Å². The summed E-state index contributed by atoms with van der Waals surface area (Å²) < 4.78 is 9.79. The van der Waals surface area contributed by atoms with Crippen LogP contribution in [-0.4, -0.2) is 56.9 Å². The Labute approximate surface area is 159 Å². The van der Waals surface area contributed by atoms with Crippen LogP contribution in [0.5, 0.6) is 0 Å². The van der Waals surface area contributed by atoms with Crippen LogP contribution >= 0.6 is 0 Å². The first-order valence-electron chi connectivity index (χ1n) is 8.90. The van der Waals surface area contributed by atoms with Crippen molar-refractivity contribution < 1.29 is 23.9 Å². The van der Waals surface area contributed by atoms with E-state index < -0.39 is 17.8 Å². The summed E-state index contributed by atoms with van der Waals surface area (Å²) in [4.78, 5) is 53.2. The van der Waals surface area contributed by atoms with Crippen molar-refractivity contribution in [2.45, 2.75) is 31.7 Å². The molecular weight excluding hydrogens is 368 g/mol. The zero-order valence-electron chi connectivity index (χ0n) is 14.9. The number of hydrogen-bond donors (Lipinski definition) is 2. The number of carbonyl (C=O) groups is 3. The molecule has 0 bridgehead atoms. The van der Waals surface area contributed by atoms with Gasteiger partial charge in [-0.2, -0.15) is 0 Å². The molecule has 1 atom stereocenters. The van der Waals surface area contributed by atoms with Crippen molar-refractivity contribution in [2.75, 3.05) is 18.0 Å². The number of H-pyrrole nitrogens is 1. The van der Waals surface area contributed by atoms with Gasteiger partial charge in [-0.3, -0.25) is 14.4 Å². The number of imidazole rings is 1. The highest BCUT2D eigenvalue weighted by Crippen LogP contribution is 2.23. The lowest BCUT2D eigenvalue weighted by Gasteiger charge is -2.34. The van der Waals surface area contributed by atoms with E-state index in [4.69, 9.17) is 9.47 Å². The summed E-state index contributed by atoms with van der Waals surface area (Å²) in [7, 11) is 0. The molecule has 2 aromatic heterocycles. The summed E-state index contributed by atoms with van der Waals surface area (Å²) in [6, 6.07) is -0.199. The Kier molecular flexibility index (Phi) is 4.87. The molecule has 0 unspecified atom stereocenters. The SMILES string of the molecule is O=C1CCC(=O)O/C(C(=O)N[C@@H]2CCCN(c3ncnc4nc[nH]c34)C2)=C\O1. The number of piperidine rings is 1. The van der Waals surface area contributed by atoms with Crippen molar-refractivity contribution in [3.63, 3.8) is 0 Å². The Hall–Kier alpha value is -3.50. The van der Waals surface area contributed by atoms with Gasteiger partial charge in [0.1, 0.15) is 18.1 Å². The van der Waals surface area contributed by atoms with Gasteiger partial charge in [0.15, 0.2) is 11.5 Å². The third kappa shape index (κ3) is 3.77. The summed E-state index contributed by atoms with van der Waals surface area (Å²) in [5.74, 6) is -1.45. The molecule has 146 valence electrons. The largest absolute Gasteiger partial charge is 0.430 e. The first-order chi connectivity index (χ1) is 13.6. The molecule has 11 heteroatoms. The summed E-state index contributed by atoms with van der Waals surface area (Å²) in [6.45, 7) is 1.28. The number of rotatable bonds is 3. The lowest BCUT2D eigenvalue weighted by atomic mass is 10.1. The number of nitrogens with zero attached hydrogens (tertiary/aromatic N) is 4. The maximum absolute atomic E-state index is 12.5. The molecular formula is C17H18N6O5. The summed E-state index contributed by atoms with van der Waals surface area (Å²) in [5.41, 5.74) is 1.31. The molecule has 1 saturated heterocycles. The number of cyclic esters (lactones) is 2. The van der Waals surface area contributed by atoms with Gasteiger partial charge in [0.25, 0.3) is 5.91 Å². The van der Waals surface area contributed by atoms with Crippen molar-refractivity contribution >= 4 is 34.8 Å². The molecule has 11 nitrogen and oxygen atoms in total. The van der Waals surface area contributed by atoms with Crippen molar-refractivity contribution in [2.24, 2.45) is 0 Å². The van der Waals surface area contributed by atoms with Crippen molar-refractivity contribution in [1.29, 1.82) is 0 Å². The van der Waals surface area contributed by atoms with Gasteiger partial charge in [0, 0.05) is 19.1 Å². The minimum Gasteiger partial charge on any atom is -0.430 e. The van der Waals surface area contributed by atoms with Crippen molar-refractivity contribution in [3.8, 4) is 0 Å². The normalized spacial score (nSPS) is 22.5. The number of amides is 1. The number of esters is 2. The average Bonchev–Trinajstić information content (AvgIpc) is 3.17. The molecule has 4 rings (SSSR count). The van der Waals surface area contributed by atoms with Gasteiger partial charge in [0.05, 0.1) is 19.2 Å². The minimum atomic E-state index is -0.647. The Morgan fingerprint density at radius 2 is 2.07 bits per heavy atom. The molecule has 1 amide bonds. The van der Waals surface area contributed by atoms with E-state index >= 15 is 0 Å². The highest BCUT2D eigenvalue weighted by Gasteiger charge is 2.27. The molecule has 2 aromatic rings. The van der Waals surface area contributed by atoms with Crippen LogP contribution in [0.4, 0.5) is 5.82 Å². The first-order valence-corrected chi connectivity index (χ1v) is 8.90. The minimum absolute atomic E-state index is 0.0805. The van der Waals surface area contributed by atoms with E-state index in [0.717, 1.165) is 31.2 Å². The lowest BCUT2D eigenvalue weighted by molar-refractivity contribution is -0.150. The van der Waals surface area contributed by atoms with Crippen molar-refractivity contribution in [1.82, 2.24) is 25.3 Å². The van der Waals surface area contributed by atoms with Gasteiger partial charge >= 0.3 is 11.9 Å². The quantitative estimate of drug-likeness (QED) is 0.706. The molecule has 0 radical (unpaired) electrons. The van der Waals surface area contributed by atoms with Crippen LogP contribution < -0.4 is 10.2 Å². The fourth-order valence-corrected chi connectivity index (χ4v) is 3.22. The Balaban J connectivity index is 1.45. The maximum atomic E-state index is 12.5. The predicted molar refractivity (Wildman–Crippen MR) is 94.6 cm³/mol. The van der Waals surface area contributed by atoms with Crippen LogP contribution in [-0.2, 0) is 23.9 Å². The smallest absolute Gasteiger partial charge is 0.312 e. The number of carbonyl (C=O) groups excluding carboxylic acids is 3. The molecule has 2 N–H and O–H groups in total. The van der Waals surface area contributed by atoms with Crippen LogP contribution in [0.2, 0.25) is 0 Å². The number of nitrogens with one attached hydrogen (secondary N) is 2. The molecule has 2 aliphatic heterocycles. The molecule has 4 heterocycles. The van der Waals surface area contributed by atoms with Gasteiger partial charge in [0.2, 0.25) is 5.76 Å². The Morgan fingerprint density at radius 1 is 1.21 bits per heavy atom. The molecule has 0 aromatic carbocycles. The predicted octanol–water partition coefficient (Wildman–Crippen LogP) is 0.159. The fraction of sp³-hybridized carbons (Fsp3) is 0.412. The van der Waals surface area contributed by atoms with Crippen LogP contribution in [0.3, 0.4) is 0 Å². The van der Waals surface area contributed by atoms with E-state index in [1.165, 1.54) is 6.33 Å². The number of fused-ring (bicyclic) bond motifs is 1. The van der Waals surface area contributed by atoms with Crippen LogP contribution in [0, 0.1) is 0 Å². The lowest BCUT2D eigenvalue weighted by Crippen LogP contribution is -2.48. The molecule has 28 heavy (non-hydrogen) atoms. The zero-order chi connectivity index (χ0) is 19.5. The monoisotopic (exact) mass is 386 g/mol. The molecule has 0 saturated carbocycles. The third-order valence-electron chi connectivity index (χ3n) is 4.54. The Bertz CT molecular complexity index is 954. The third-order valence-corrected chi connectivity index (χ3v) is 4.54. The van der Waals surface area contributed by atoms with E-state index in [2.05, 4.69) is 25.3 Å². The molecule has 0 spiro atoms. The first kappa shape index (κ1) is 17.9. The van der Waals surface area contributed by atoms with Crippen LogP contribution in [0.25, 0.3) is 11.2 Å². The summed E-state index contributed by atoms with van der Waals surface area (Å²) >= 11 is 0. The molecule has 2 aliphatic rings.